The number of hydrogen-bond donors (Lipinski definition) is 1. The SMILES string of the molecule is COc1cc(C(c2ccc3ccccc3c2)N2CCCCC2C(=O)O)cc(OC)c1OC. The first-order chi connectivity index (χ1) is 15.6. The van der Waals surface area contributed by atoms with Crippen LogP contribution in [0.1, 0.15) is 36.4 Å². The number of hydrogen-bond acceptors (Lipinski definition) is 5. The number of ether oxygens (including phenoxy) is 3. The highest BCUT2D eigenvalue weighted by molar-refractivity contribution is 5.83. The predicted octanol–water partition coefficient (Wildman–Crippen LogP) is 4.89. The second-order valence-corrected chi connectivity index (χ2v) is 8.06. The summed E-state index contributed by atoms with van der Waals surface area (Å²) in [5.74, 6) is 0.834. The van der Waals surface area contributed by atoms with Crippen molar-refractivity contribution in [3.8, 4) is 17.2 Å². The first kappa shape index (κ1) is 22.0. The van der Waals surface area contributed by atoms with E-state index in [-0.39, 0.29) is 6.04 Å². The van der Waals surface area contributed by atoms with Gasteiger partial charge in [-0.25, -0.2) is 0 Å². The molecule has 32 heavy (non-hydrogen) atoms. The molecule has 1 N–H and O–H groups in total. The second-order valence-electron chi connectivity index (χ2n) is 8.06. The van der Waals surface area contributed by atoms with Crippen molar-refractivity contribution in [1.29, 1.82) is 0 Å². The maximum absolute atomic E-state index is 12.2. The lowest BCUT2D eigenvalue weighted by molar-refractivity contribution is -0.145. The molecule has 1 saturated heterocycles. The number of methoxy groups -OCH3 is 3. The van der Waals surface area contributed by atoms with Gasteiger partial charge in [-0.1, -0.05) is 42.8 Å². The number of aliphatic carboxylic acids is 1. The minimum Gasteiger partial charge on any atom is -0.493 e. The summed E-state index contributed by atoms with van der Waals surface area (Å²) in [6, 6.07) is 17.5. The van der Waals surface area contributed by atoms with E-state index in [1.54, 1.807) is 21.3 Å². The largest absolute Gasteiger partial charge is 0.493 e. The van der Waals surface area contributed by atoms with Gasteiger partial charge in [0.15, 0.2) is 11.5 Å². The summed E-state index contributed by atoms with van der Waals surface area (Å²) in [6.45, 7) is 0.700. The summed E-state index contributed by atoms with van der Waals surface area (Å²) < 4.78 is 16.7. The Morgan fingerprint density at radius 2 is 1.59 bits per heavy atom. The van der Waals surface area contributed by atoms with E-state index in [4.69, 9.17) is 14.2 Å². The topological polar surface area (TPSA) is 68.2 Å². The van der Waals surface area contributed by atoms with Crippen LogP contribution in [0.25, 0.3) is 10.8 Å². The van der Waals surface area contributed by atoms with Crippen LogP contribution >= 0.6 is 0 Å². The van der Waals surface area contributed by atoms with Crippen molar-refractivity contribution in [2.75, 3.05) is 27.9 Å². The molecule has 0 spiro atoms. The van der Waals surface area contributed by atoms with Crippen molar-refractivity contribution in [2.24, 2.45) is 0 Å². The molecule has 6 nitrogen and oxygen atoms in total. The Balaban J connectivity index is 1.92. The van der Waals surface area contributed by atoms with Crippen LogP contribution in [0.3, 0.4) is 0 Å². The zero-order chi connectivity index (χ0) is 22.7. The highest BCUT2D eigenvalue weighted by atomic mass is 16.5. The van der Waals surface area contributed by atoms with E-state index in [0.717, 1.165) is 34.7 Å². The third-order valence-corrected chi connectivity index (χ3v) is 6.25. The van der Waals surface area contributed by atoms with Crippen molar-refractivity contribution < 1.29 is 24.1 Å². The van der Waals surface area contributed by atoms with E-state index < -0.39 is 12.0 Å². The van der Waals surface area contributed by atoms with Gasteiger partial charge in [-0.05, 0) is 59.5 Å². The quantitative estimate of drug-likeness (QED) is 0.570. The summed E-state index contributed by atoms with van der Waals surface area (Å²) in [5, 5.41) is 12.3. The average Bonchev–Trinajstić information content (AvgIpc) is 2.83. The number of benzene rings is 3. The highest BCUT2D eigenvalue weighted by Crippen LogP contribution is 2.43. The van der Waals surface area contributed by atoms with Crippen LogP contribution in [0.5, 0.6) is 17.2 Å². The maximum atomic E-state index is 12.2. The predicted molar refractivity (Wildman–Crippen MR) is 124 cm³/mol. The molecule has 6 heteroatoms. The minimum absolute atomic E-state index is 0.269. The molecule has 4 rings (SSSR count). The molecule has 3 aromatic carbocycles. The molecule has 2 atom stereocenters. The van der Waals surface area contributed by atoms with E-state index >= 15 is 0 Å². The maximum Gasteiger partial charge on any atom is 0.320 e. The number of carbonyl (C=O) groups is 1. The zero-order valence-corrected chi connectivity index (χ0v) is 18.7. The van der Waals surface area contributed by atoms with Crippen molar-refractivity contribution in [3.05, 3.63) is 65.7 Å². The Morgan fingerprint density at radius 3 is 2.22 bits per heavy atom. The van der Waals surface area contributed by atoms with E-state index in [9.17, 15) is 9.90 Å². The summed E-state index contributed by atoms with van der Waals surface area (Å²) in [7, 11) is 4.76. The zero-order valence-electron chi connectivity index (χ0n) is 18.7. The molecule has 0 saturated carbocycles. The van der Waals surface area contributed by atoms with Gasteiger partial charge in [-0.15, -0.1) is 0 Å². The molecule has 1 aliphatic rings. The molecular weight excluding hydrogens is 406 g/mol. The number of likely N-dealkylation sites (tertiary alicyclic amines) is 1. The van der Waals surface area contributed by atoms with Crippen molar-refractivity contribution >= 4 is 16.7 Å². The first-order valence-electron chi connectivity index (χ1n) is 10.8. The van der Waals surface area contributed by atoms with E-state index in [2.05, 4.69) is 35.2 Å². The van der Waals surface area contributed by atoms with Crippen LogP contribution in [-0.4, -0.2) is 49.9 Å². The average molecular weight is 436 g/mol. The van der Waals surface area contributed by atoms with Crippen LogP contribution in [-0.2, 0) is 4.79 Å². The molecule has 1 aliphatic heterocycles. The van der Waals surface area contributed by atoms with Gasteiger partial charge >= 0.3 is 5.97 Å². The summed E-state index contributed by atoms with van der Waals surface area (Å²) in [6.07, 6.45) is 2.50. The van der Waals surface area contributed by atoms with Crippen LogP contribution in [0, 0.1) is 0 Å². The number of carboxylic acid groups (broad SMARTS) is 1. The van der Waals surface area contributed by atoms with Crippen molar-refractivity contribution in [3.63, 3.8) is 0 Å². The van der Waals surface area contributed by atoms with Gasteiger partial charge in [0.25, 0.3) is 0 Å². The summed E-state index contributed by atoms with van der Waals surface area (Å²) in [5.41, 5.74) is 1.94. The lowest BCUT2D eigenvalue weighted by Crippen LogP contribution is -2.46. The lowest BCUT2D eigenvalue weighted by atomic mass is 9.90. The lowest BCUT2D eigenvalue weighted by Gasteiger charge is -2.40. The molecular formula is C26H29NO5. The molecule has 1 heterocycles. The van der Waals surface area contributed by atoms with Gasteiger partial charge in [0.05, 0.1) is 27.4 Å². The molecule has 0 aromatic heterocycles. The first-order valence-corrected chi connectivity index (χ1v) is 10.8. The Kier molecular flexibility index (Phi) is 6.51. The Morgan fingerprint density at radius 1 is 0.906 bits per heavy atom. The summed E-state index contributed by atoms with van der Waals surface area (Å²) >= 11 is 0. The number of carboxylic acids is 1. The van der Waals surface area contributed by atoms with Crippen LogP contribution in [0.4, 0.5) is 0 Å². The third kappa shape index (κ3) is 4.10. The monoisotopic (exact) mass is 435 g/mol. The van der Waals surface area contributed by atoms with Gasteiger partial charge < -0.3 is 19.3 Å². The fraction of sp³-hybridized carbons (Fsp3) is 0.346. The molecule has 1 fully saturated rings. The fourth-order valence-electron chi connectivity index (χ4n) is 4.74. The minimum atomic E-state index is -0.789. The smallest absolute Gasteiger partial charge is 0.320 e. The van der Waals surface area contributed by atoms with Crippen molar-refractivity contribution in [2.45, 2.75) is 31.3 Å². The van der Waals surface area contributed by atoms with Gasteiger partial charge in [-0.3, -0.25) is 9.69 Å². The molecule has 0 amide bonds. The van der Waals surface area contributed by atoms with E-state index in [1.165, 1.54) is 0 Å². The molecule has 3 aromatic rings. The van der Waals surface area contributed by atoms with Gasteiger partial charge in [0.2, 0.25) is 5.75 Å². The van der Waals surface area contributed by atoms with Gasteiger partial charge in [-0.2, -0.15) is 0 Å². The molecule has 0 radical (unpaired) electrons. The normalized spacial score (nSPS) is 17.7. The number of rotatable bonds is 7. The third-order valence-electron chi connectivity index (χ3n) is 6.25. The number of nitrogens with zero attached hydrogens (tertiary/aromatic N) is 1. The Bertz CT molecular complexity index is 1090. The van der Waals surface area contributed by atoms with Gasteiger partial charge in [0.1, 0.15) is 6.04 Å². The second kappa shape index (κ2) is 9.49. The van der Waals surface area contributed by atoms with E-state index in [1.807, 2.05) is 24.3 Å². The van der Waals surface area contributed by atoms with E-state index in [0.29, 0.717) is 30.2 Å². The Hall–Kier alpha value is -3.25. The number of piperidine rings is 1. The van der Waals surface area contributed by atoms with Crippen molar-refractivity contribution in [1.82, 2.24) is 4.90 Å². The van der Waals surface area contributed by atoms with Crippen LogP contribution in [0.2, 0.25) is 0 Å². The van der Waals surface area contributed by atoms with Crippen LogP contribution < -0.4 is 14.2 Å². The van der Waals surface area contributed by atoms with Gasteiger partial charge in [0, 0.05) is 0 Å². The standard InChI is InChI=1S/C26H29NO5/c1-30-22-15-20(16-23(31-2)25(22)32-3)24(27-13-7-6-10-21(27)26(28)29)19-12-11-17-8-4-5-9-18(17)14-19/h4-5,8-9,11-12,14-16,21,24H,6-7,10,13H2,1-3H3,(H,28,29). The molecule has 2 unspecified atom stereocenters. The molecule has 0 aliphatic carbocycles. The molecule has 0 bridgehead atoms. The highest BCUT2D eigenvalue weighted by Gasteiger charge is 2.36. The molecule has 168 valence electrons. The number of fused-ring (bicyclic) bond motifs is 1. The fourth-order valence-corrected chi connectivity index (χ4v) is 4.74. The Labute approximate surface area is 188 Å². The summed E-state index contributed by atoms with van der Waals surface area (Å²) in [4.78, 5) is 14.3. The van der Waals surface area contributed by atoms with Crippen LogP contribution in [0.15, 0.2) is 54.6 Å².